The van der Waals surface area contributed by atoms with Gasteiger partial charge in [0.25, 0.3) is 5.91 Å². The molecule has 2 N–H and O–H groups in total. The number of amides is 2. The van der Waals surface area contributed by atoms with Crippen molar-refractivity contribution in [3.05, 3.63) is 35.6 Å². The highest BCUT2D eigenvalue weighted by atomic mass is 32.2. The summed E-state index contributed by atoms with van der Waals surface area (Å²) < 4.78 is 10.2. The van der Waals surface area contributed by atoms with Crippen LogP contribution >= 0.6 is 11.8 Å². The number of hydrogen-bond acceptors (Lipinski definition) is 6. The molecule has 9 heteroatoms. The first-order chi connectivity index (χ1) is 11.5. The molecule has 24 heavy (non-hydrogen) atoms. The summed E-state index contributed by atoms with van der Waals surface area (Å²) >= 11 is 1.01. The lowest BCUT2D eigenvalue weighted by atomic mass is 10.1. The maximum absolute atomic E-state index is 12.5. The molecule has 0 saturated carbocycles. The number of carbonyl (C=O) groups is 2. The SMILES string of the molecule is COc1ccc(-c2noc(C)c2C(=O)NC(=NC(=O)O)SC)cc1. The summed E-state index contributed by atoms with van der Waals surface area (Å²) in [5.74, 6) is 0.436. The second-order valence-electron chi connectivity index (χ2n) is 4.55. The van der Waals surface area contributed by atoms with Gasteiger partial charge in [0, 0.05) is 5.56 Å². The monoisotopic (exact) mass is 349 g/mol. The van der Waals surface area contributed by atoms with Crippen LogP contribution < -0.4 is 10.1 Å². The number of hydrogen-bond donors (Lipinski definition) is 2. The Kier molecular flexibility index (Phi) is 5.59. The number of aromatic nitrogens is 1. The number of rotatable bonds is 3. The molecule has 0 bridgehead atoms. The van der Waals surface area contributed by atoms with E-state index in [0.717, 1.165) is 11.8 Å². The standard InChI is InChI=1S/C15H15N3O5S/c1-8-11(13(19)16-14(24-3)17-15(20)21)12(18-23-8)9-4-6-10(22-2)7-5-9/h4-7H,1-3H3,(H,20,21)(H,16,17,19). The van der Waals surface area contributed by atoms with Gasteiger partial charge in [-0.2, -0.15) is 4.99 Å². The van der Waals surface area contributed by atoms with Crippen molar-refractivity contribution in [3.8, 4) is 17.0 Å². The number of nitrogens with zero attached hydrogens (tertiary/aromatic N) is 2. The van der Waals surface area contributed by atoms with E-state index in [1.807, 2.05) is 0 Å². The molecule has 8 nitrogen and oxygen atoms in total. The van der Waals surface area contributed by atoms with Crippen molar-refractivity contribution in [2.75, 3.05) is 13.4 Å². The molecule has 0 saturated heterocycles. The summed E-state index contributed by atoms with van der Waals surface area (Å²) in [4.78, 5) is 26.4. The molecule has 0 radical (unpaired) electrons. The molecule has 1 aromatic heterocycles. The number of benzene rings is 1. The molecule has 0 unspecified atom stereocenters. The van der Waals surface area contributed by atoms with E-state index < -0.39 is 12.0 Å². The third-order valence-corrected chi connectivity index (χ3v) is 3.64. The second kappa shape index (κ2) is 7.64. The zero-order valence-corrected chi connectivity index (χ0v) is 14.0. The van der Waals surface area contributed by atoms with Crippen LogP contribution in [0.4, 0.5) is 4.79 Å². The first-order valence-electron chi connectivity index (χ1n) is 6.74. The van der Waals surface area contributed by atoms with Gasteiger partial charge in [0.1, 0.15) is 22.8 Å². The molecule has 0 atom stereocenters. The summed E-state index contributed by atoms with van der Waals surface area (Å²) in [5, 5.41) is 15.0. The fraction of sp³-hybridized carbons (Fsp3) is 0.200. The van der Waals surface area contributed by atoms with Crippen LogP contribution in [0.5, 0.6) is 5.75 Å². The number of methoxy groups -OCH3 is 1. The van der Waals surface area contributed by atoms with Gasteiger partial charge in [-0.15, -0.1) is 0 Å². The number of nitrogens with one attached hydrogen (secondary N) is 1. The van der Waals surface area contributed by atoms with Crippen molar-refractivity contribution in [1.29, 1.82) is 0 Å². The molecule has 0 spiro atoms. The van der Waals surface area contributed by atoms with E-state index >= 15 is 0 Å². The third kappa shape index (κ3) is 3.93. The van der Waals surface area contributed by atoms with Gasteiger partial charge in [-0.1, -0.05) is 16.9 Å². The molecule has 0 aliphatic carbocycles. The predicted molar refractivity (Wildman–Crippen MR) is 89.7 cm³/mol. The topological polar surface area (TPSA) is 114 Å². The van der Waals surface area contributed by atoms with Gasteiger partial charge in [-0.25, -0.2) is 4.79 Å². The van der Waals surface area contributed by atoms with Gasteiger partial charge in [0.15, 0.2) is 5.17 Å². The molecular formula is C15H15N3O5S. The fourth-order valence-corrected chi connectivity index (χ4v) is 2.32. The minimum atomic E-state index is -1.39. The summed E-state index contributed by atoms with van der Waals surface area (Å²) in [7, 11) is 1.56. The Bertz CT molecular complexity index is 783. The van der Waals surface area contributed by atoms with Gasteiger partial charge >= 0.3 is 6.09 Å². The minimum Gasteiger partial charge on any atom is -0.497 e. The average Bonchev–Trinajstić information content (AvgIpc) is 2.95. The summed E-state index contributed by atoms with van der Waals surface area (Å²) in [5.41, 5.74) is 1.23. The van der Waals surface area contributed by atoms with E-state index in [2.05, 4.69) is 15.5 Å². The molecule has 1 heterocycles. The maximum atomic E-state index is 12.5. The highest BCUT2D eigenvalue weighted by Crippen LogP contribution is 2.27. The van der Waals surface area contributed by atoms with Crippen molar-refractivity contribution in [2.24, 2.45) is 4.99 Å². The molecule has 0 fully saturated rings. The Labute approximate surface area is 141 Å². The molecule has 1 aromatic carbocycles. The van der Waals surface area contributed by atoms with Crippen molar-refractivity contribution in [3.63, 3.8) is 0 Å². The molecule has 2 rings (SSSR count). The highest BCUT2D eigenvalue weighted by Gasteiger charge is 2.22. The predicted octanol–water partition coefficient (Wildman–Crippen LogP) is 2.79. The largest absolute Gasteiger partial charge is 0.497 e. The van der Waals surface area contributed by atoms with E-state index in [1.165, 1.54) is 0 Å². The normalized spacial score (nSPS) is 11.2. The number of carboxylic acid groups (broad SMARTS) is 1. The van der Waals surface area contributed by atoms with Crippen molar-refractivity contribution in [1.82, 2.24) is 10.5 Å². The van der Waals surface area contributed by atoms with Crippen LogP contribution in [-0.4, -0.2) is 40.8 Å². The fourth-order valence-electron chi connectivity index (χ4n) is 1.96. The molecule has 0 aliphatic rings. The van der Waals surface area contributed by atoms with Crippen molar-refractivity contribution >= 4 is 28.9 Å². The van der Waals surface area contributed by atoms with Crippen LogP contribution in [0.2, 0.25) is 0 Å². The molecular weight excluding hydrogens is 334 g/mol. The summed E-state index contributed by atoms with van der Waals surface area (Å²) in [6.45, 7) is 1.60. The van der Waals surface area contributed by atoms with Gasteiger partial charge in [0.05, 0.1) is 7.11 Å². The number of aliphatic imine (C=N–C) groups is 1. The maximum Gasteiger partial charge on any atom is 0.433 e. The van der Waals surface area contributed by atoms with Crippen LogP contribution in [0.15, 0.2) is 33.8 Å². The van der Waals surface area contributed by atoms with Gasteiger partial charge in [0.2, 0.25) is 0 Å². The van der Waals surface area contributed by atoms with Crippen LogP contribution in [-0.2, 0) is 0 Å². The summed E-state index contributed by atoms with van der Waals surface area (Å²) in [6.07, 6.45) is 0.212. The van der Waals surface area contributed by atoms with Crippen LogP contribution in [0.1, 0.15) is 16.1 Å². The third-order valence-electron chi connectivity index (χ3n) is 3.06. The zero-order chi connectivity index (χ0) is 17.7. The van der Waals surface area contributed by atoms with Gasteiger partial charge in [-0.05, 0) is 37.4 Å². The number of aryl methyl sites for hydroxylation is 1. The Balaban J connectivity index is 2.35. The van der Waals surface area contributed by atoms with E-state index in [-0.39, 0.29) is 10.7 Å². The first-order valence-corrected chi connectivity index (χ1v) is 7.96. The number of ether oxygens (including phenoxy) is 1. The van der Waals surface area contributed by atoms with E-state index in [9.17, 15) is 9.59 Å². The molecule has 2 aromatic rings. The van der Waals surface area contributed by atoms with Crippen LogP contribution in [0.25, 0.3) is 11.3 Å². The van der Waals surface area contributed by atoms with E-state index in [0.29, 0.717) is 22.8 Å². The lowest BCUT2D eigenvalue weighted by molar-refractivity contribution is 0.0977. The van der Waals surface area contributed by atoms with E-state index in [4.69, 9.17) is 14.4 Å². The first kappa shape index (κ1) is 17.5. The lowest BCUT2D eigenvalue weighted by Gasteiger charge is -2.06. The molecule has 126 valence electrons. The number of amidine groups is 1. The van der Waals surface area contributed by atoms with Crippen molar-refractivity contribution < 1.29 is 24.0 Å². The average molecular weight is 349 g/mol. The van der Waals surface area contributed by atoms with Gasteiger partial charge in [-0.3, -0.25) is 4.79 Å². The van der Waals surface area contributed by atoms with Crippen LogP contribution in [0, 0.1) is 6.92 Å². The Morgan fingerprint density at radius 2 is 2.00 bits per heavy atom. The Hall–Kier alpha value is -2.81. The Morgan fingerprint density at radius 1 is 1.33 bits per heavy atom. The van der Waals surface area contributed by atoms with Crippen LogP contribution in [0.3, 0.4) is 0 Å². The number of thioether (sulfide) groups is 1. The van der Waals surface area contributed by atoms with E-state index in [1.54, 1.807) is 44.6 Å². The second-order valence-corrected chi connectivity index (χ2v) is 5.34. The zero-order valence-electron chi connectivity index (χ0n) is 13.2. The Morgan fingerprint density at radius 3 is 2.54 bits per heavy atom. The summed E-state index contributed by atoms with van der Waals surface area (Å²) in [6, 6.07) is 6.96. The molecule has 0 aliphatic heterocycles. The smallest absolute Gasteiger partial charge is 0.433 e. The van der Waals surface area contributed by atoms with Gasteiger partial charge < -0.3 is 19.7 Å². The molecule has 2 amide bonds. The lowest BCUT2D eigenvalue weighted by Crippen LogP contribution is -2.29. The highest BCUT2D eigenvalue weighted by molar-refractivity contribution is 8.13. The van der Waals surface area contributed by atoms with Crippen molar-refractivity contribution in [2.45, 2.75) is 6.92 Å². The quantitative estimate of drug-likeness (QED) is 0.647. The minimum absolute atomic E-state index is 0.0335. The number of carbonyl (C=O) groups excluding carboxylic acids is 1.